The number of thiophene rings is 1. The highest BCUT2D eigenvalue weighted by Crippen LogP contribution is 2.40. The van der Waals surface area contributed by atoms with Crippen molar-refractivity contribution in [1.29, 1.82) is 0 Å². The molecule has 6 heteroatoms. The first-order valence-corrected chi connectivity index (χ1v) is 11.2. The van der Waals surface area contributed by atoms with Gasteiger partial charge in [-0.1, -0.05) is 25.1 Å². The Labute approximate surface area is 180 Å². The van der Waals surface area contributed by atoms with Crippen molar-refractivity contribution in [3.05, 3.63) is 58.5 Å². The summed E-state index contributed by atoms with van der Waals surface area (Å²) in [4.78, 5) is 30.1. The van der Waals surface area contributed by atoms with E-state index in [9.17, 15) is 9.59 Å². The van der Waals surface area contributed by atoms with E-state index in [0.29, 0.717) is 18.7 Å². The third-order valence-electron chi connectivity index (χ3n) is 5.79. The topological polar surface area (TPSA) is 49.9 Å². The summed E-state index contributed by atoms with van der Waals surface area (Å²) >= 11 is 1.58. The molecule has 30 heavy (non-hydrogen) atoms. The number of hydrogen-bond acceptors (Lipinski definition) is 4. The van der Waals surface area contributed by atoms with Gasteiger partial charge in [-0.15, -0.1) is 11.3 Å². The number of nitrogens with zero attached hydrogens (tertiary/aromatic N) is 2. The van der Waals surface area contributed by atoms with Gasteiger partial charge in [0.2, 0.25) is 0 Å². The largest absolute Gasteiger partial charge is 0.449 e. The van der Waals surface area contributed by atoms with E-state index < -0.39 is 0 Å². The van der Waals surface area contributed by atoms with Crippen LogP contribution in [0.5, 0.6) is 0 Å². The summed E-state index contributed by atoms with van der Waals surface area (Å²) in [6.45, 7) is 8.64. The number of aryl methyl sites for hydroxylation is 2. The average molecular weight is 423 g/mol. The first-order chi connectivity index (χ1) is 14.5. The second kappa shape index (κ2) is 8.11. The number of fused-ring (bicyclic) bond motifs is 2. The maximum Gasteiger partial charge on any atom is 0.414 e. The quantitative estimate of drug-likeness (QED) is 0.526. The minimum absolute atomic E-state index is 0.0288. The summed E-state index contributed by atoms with van der Waals surface area (Å²) in [7, 11) is 0. The molecule has 5 nitrogen and oxygen atoms in total. The van der Waals surface area contributed by atoms with Crippen molar-refractivity contribution >= 4 is 44.8 Å². The highest BCUT2D eigenvalue weighted by atomic mass is 32.1. The highest BCUT2D eigenvalue weighted by molar-refractivity contribution is 7.17. The van der Waals surface area contributed by atoms with Gasteiger partial charge in [-0.05, 0) is 56.5 Å². The number of anilines is 2. The van der Waals surface area contributed by atoms with E-state index in [1.165, 1.54) is 0 Å². The van der Waals surface area contributed by atoms with Crippen LogP contribution < -0.4 is 9.80 Å². The molecule has 0 spiro atoms. The monoisotopic (exact) mass is 422 g/mol. The normalized spacial score (nSPS) is 15.9. The van der Waals surface area contributed by atoms with Crippen molar-refractivity contribution in [2.45, 2.75) is 40.2 Å². The molecule has 0 bridgehead atoms. The Morgan fingerprint density at radius 1 is 1.10 bits per heavy atom. The molecule has 0 radical (unpaired) electrons. The van der Waals surface area contributed by atoms with E-state index in [0.717, 1.165) is 39.0 Å². The Morgan fingerprint density at radius 2 is 1.80 bits per heavy atom. The van der Waals surface area contributed by atoms with Crippen molar-refractivity contribution in [3.8, 4) is 0 Å². The molecular weight excluding hydrogens is 396 g/mol. The highest BCUT2D eigenvalue weighted by Gasteiger charge is 2.38. The summed E-state index contributed by atoms with van der Waals surface area (Å²) < 4.78 is 6.45. The van der Waals surface area contributed by atoms with Crippen LogP contribution in [0, 0.1) is 13.8 Å². The van der Waals surface area contributed by atoms with E-state index in [1.807, 2.05) is 74.4 Å². The first-order valence-electron chi connectivity index (χ1n) is 10.3. The Morgan fingerprint density at radius 3 is 2.50 bits per heavy atom. The second-order valence-electron chi connectivity index (χ2n) is 7.62. The molecule has 1 aromatic heterocycles. The fraction of sp³-hybridized carbons (Fsp3) is 0.333. The summed E-state index contributed by atoms with van der Waals surface area (Å²) in [5.74, 6) is -0.0288. The molecule has 2 amide bonds. The smallest absolute Gasteiger partial charge is 0.414 e. The molecule has 4 rings (SSSR count). The van der Waals surface area contributed by atoms with Crippen LogP contribution in [0.25, 0.3) is 10.1 Å². The van der Waals surface area contributed by atoms with Gasteiger partial charge in [0.15, 0.2) is 0 Å². The molecule has 3 aromatic rings. The van der Waals surface area contributed by atoms with E-state index in [1.54, 1.807) is 16.2 Å². The predicted octanol–water partition coefficient (Wildman–Crippen LogP) is 5.92. The molecular formula is C24H26N2O3S. The van der Waals surface area contributed by atoms with Crippen molar-refractivity contribution in [2.24, 2.45) is 0 Å². The average Bonchev–Trinajstić information content (AvgIpc) is 3.17. The van der Waals surface area contributed by atoms with E-state index in [2.05, 4.69) is 0 Å². The molecule has 0 saturated heterocycles. The van der Waals surface area contributed by atoms with Gasteiger partial charge in [0.25, 0.3) is 5.91 Å². The lowest BCUT2D eigenvalue weighted by Crippen LogP contribution is -2.53. The van der Waals surface area contributed by atoms with Crippen LogP contribution in [0.2, 0.25) is 0 Å². The zero-order chi connectivity index (χ0) is 21.4. The van der Waals surface area contributed by atoms with Crippen molar-refractivity contribution < 1.29 is 14.3 Å². The van der Waals surface area contributed by atoms with E-state index in [-0.39, 0.29) is 18.0 Å². The number of amides is 2. The molecule has 1 aliphatic rings. The molecule has 2 aromatic carbocycles. The molecule has 0 aliphatic carbocycles. The maximum atomic E-state index is 13.7. The Balaban J connectivity index is 1.84. The van der Waals surface area contributed by atoms with Crippen LogP contribution in [-0.4, -0.2) is 31.2 Å². The van der Waals surface area contributed by atoms with Gasteiger partial charge >= 0.3 is 6.09 Å². The Hall–Kier alpha value is -2.86. The first kappa shape index (κ1) is 20.4. The van der Waals surface area contributed by atoms with Crippen molar-refractivity contribution in [1.82, 2.24) is 0 Å². The van der Waals surface area contributed by atoms with Gasteiger partial charge in [0.1, 0.15) is 0 Å². The molecule has 2 heterocycles. The number of carbonyl (C=O) groups is 2. The van der Waals surface area contributed by atoms with E-state index in [4.69, 9.17) is 4.74 Å². The maximum absolute atomic E-state index is 13.7. The molecule has 0 saturated carbocycles. The third kappa shape index (κ3) is 3.35. The zero-order valence-corrected chi connectivity index (χ0v) is 18.6. The number of rotatable bonds is 3. The van der Waals surface area contributed by atoms with Crippen LogP contribution in [0.1, 0.15) is 41.8 Å². The molecule has 156 valence electrons. The lowest BCUT2D eigenvalue weighted by Gasteiger charge is -2.42. The Kier molecular flexibility index (Phi) is 5.52. The summed E-state index contributed by atoms with van der Waals surface area (Å²) in [5, 5.41) is 2.91. The second-order valence-corrected chi connectivity index (χ2v) is 8.53. The SMILES string of the molecule is CCOC(=O)N1c2cc(C)c(C)cc2N(C(=O)c2csc3ccccc23)CC1CC. The number of ether oxygens (including phenoxy) is 1. The predicted molar refractivity (Wildman–Crippen MR) is 123 cm³/mol. The standard InChI is InChI=1S/C24H26N2O3S/c1-5-17-13-25(23(27)19-14-30-22-10-8-7-9-18(19)22)20-11-15(3)16(4)12-21(20)26(17)24(28)29-6-2/h7-12,14,17H,5-6,13H2,1-4H3. The molecule has 1 aliphatic heterocycles. The van der Waals surface area contributed by atoms with E-state index >= 15 is 0 Å². The minimum atomic E-state index is -0.359. The molecule has 0 fully saturated rings. The molecule has 1 atom stereocenters. The van der Waals surface area contributed by atoms with Crippen LogP contribution in [0.15, 0.2) is 41.8 Å². The minimum Gasteiger partial charge on any atom is -0.449 e. The van der Waals surface area contributed by atoms with Gasteiger partial charge in [0.05, 0.1) is 29.6 Å². The van der Waals surface area contributed by atoms with Gasteiger partial charge < -0.3 is 9.64 Å². The van der Waals surface area contributed by atoms with Crippen LogP contribution in [0.3, 0.4) is 0 Å². The number of benzene rings is 2. The number of hydrogen-bond donors (Lipinski definition) is 0. The van der Waals surface area contributed by atoms with Crippen molar-refractivity contribution in [3.63, 3.8) is 0 Å². The van der Waals surface area contributed by atoms with Crippen LogP contribution in [0.4, 0.5) is 16.2 Å². The summed E-state index contributed by atoms with van der Waals surface area (Å²) in [6, 6.07) is 11.8. The van der Waals surface area contributed by atoms with Crippen molar-refractivity contribution in [2.75, 3.05) is 23.0 Å². The molecule has 0 N–H and O–H groups in total. The van der Waals surface area contributed by atoms with Crippen LogP contribution in [-0.2, 0) is 4.74 Å². The fourth-order valence-electron chi connectivity index (χ4n) is 4.02. The summed E-state index contributed by atoms with van der Waals surface area (Å²) in [5.41, 5.74) is 4.37. The Bertz CT molecular complexity index is 1120. The summed E-state index contributed by atoms with van der Waals surface area (Å²) in [6.07, 6.45) is 0.362. The third-order valence-corrected chi connectivity index (χ3v) is 6.76. The van der Waals surface area contributed by atoms with Crippen LogP contribution >= 0.6 is 11.3 Å². The zero-order valence-electron chi connectivity index (χ0n) is 17.8. The van der Waals surface area contributed by atoms with Gasteiger partial charge in [-0.3, -0.25) is 9.69 Å². The van der Waals surface area contributed by atoms with Gasteiger partial charge in [0, 0.05) is 22.0 Å². The van der Waals surface area contributed by atoms with Gasteiger partial charge in [-0.25, -0.2) is 4.79 Å². The fourth-order valence-corrected chi connectivity index (χ4v) is 4.95. The molecule has 1 unspecified atom stereocenters. The lowest BCUT2D eigenvalue weighted by molar-refractivity contribution is 0.0983. The van der Waals surface area contributed by atoms with Gasteiger partial charge in [-0.2, -0.15) is 0 Å². The number of carbonyl (C=O) groups excluding carboxylic acids is 2. The lowest BCUT2D eigenvalue weighted by atomic mass is 9.99.